The van der Waals surface area contributed by atoms with Gasteiger partial charge in [-0.05, 0) is 37.3 Å². The van der Waals surface area contributed by atoms with E-state index in [1.165, 1.54) is 0 Å². The highest BCUT2D eigenvalue weighted by Crippen LogP contribution is 2.35. The summed E-state index contributed by atoms with van der Waals surface area (Å²) in [5.74, 6) is 0.606. The Balaban J connectivity index is 2.57. The van der Waals surface area contributed by atoms with Gasteiger partial charge in [-0.25, -0.2) is 0 Å². The summed E-state index contributed by atoms with van der Waals surface area (Å²) in [6.07, 6.45) is 2.25. The van der Waals surface area contributed by atoms with Gasteiger partial charge in [0.2, 0.25) is 0 Å². The minimum absolute atomic E-state index is 0.214. The van der Waals surface area contributed by atoms with Gasteiger partial charge in [0.05, 0.1) is 0 Å². The maximum Gasteiger partial charge on any atom is 0.0490 e. The van der Waals surface area contributed by atoms with E-state index in [1.54, 1.807) is 0 Å². The predicted octanol–water partition coefficient (Wildman–Crippen LogP) is 1.00. The van der Waals surface area contributed by atoms with Crippen LogP contribution in [-0.2, 0) is 0 Å². The van der Waals surface area contributed by atoms with E-state index in [-0.39, 0.29) is 5.41 Å². The number of rotatable bonds is 2. The van der Waals surface area contributed by atoms with Crippen molar-refractivity contribution in [1.82, 2.24) is 5.32 Å². The van der Waals surface area contributed by atoms with Crippen LogP contribution in [0.3, 0.4) is 0 Å². The quantitative estimate of drug-likeness (QED) is 0.627. The minimum atomic E-state index is 0.214. The molecule has 0 unspecified atom stereocenters. The first-order valence-corrected chi connectivity index (χ1v) is 4.53. The summed E-state index contributed by atoms with van der Waals surface area (Å²) in [6.45, 7) is 6.91. The van der Waals surface area contributed by atoms with Crippen LogP contribution in [0.2, 0.25) is 0 Å². The average Bonchev–Trinajstić information content (AvgIpc) is 2.05. The van der Waals surface area contributed by atoms with Crippen LogP contribution >= 0.6 is 0 Å². The molecule has 2 N–H and O–H groups in total. The van der Waals surface area contributed by atoms with Gasteiger partial charge in [-0.3, -0.25) is 0 Å². The summed E-state index contributed by atoms with van der Waals surface area (Å²) in [5, 5.41) is 12.6. The van der Waals surface area contributed by atoms with E-state index in [9.17, 15) is 5.11 Å². The maximum atomic E-state index is 9.28. The van der Waals surface area contributed by atoms with E-state index >= 15 is 0 Å². The zero-order chi connectivity index (χ0) is 8.32. The molecule has 2 heteroatoms. The molecule has 66 valence electrons. The van der Waals surface area contributed by atoms with Crippen LogP contribution in [0.4, 0.5) is 0 Å². The van der Waals surface area contributed by atoms with Crippen molar-refractivity contribution in [3.8, 4) is 0 Å². The Morgan fingerprint density at radius 2 is 1.91 bits per heavy atom. The molecule has 1 heterocycles. The number of hydrogen-bond donors (Lipinski definition) is 2. The zero-order valence-electron chi connectivity index (χ0n) is 7.56. The highest BCUT2D eigenvalue weighted by atomic mass is 16.3. The summed E-state index contributed by atoms with van der Waals surface area (Å²) >= 11 is 0. The van der Waals surface area contributed by atoms with Gasteiger partial charge >= 0.3 is 0 Å². The van der Waals surface area contributed by atoms with Crippen molar-refractivity contribution in [3.63, 3.8) is 0 Å². The summed E-state index contributed by atoms with van der Waals surface area (Å²) in [4.78, 5) is 0. The molecule has 0 amide bonds. The molecule has 0 aromatic heterocycles. The second-order valence-corrected chi connectivity index (χ2v) is 3.93. The van der Waals surface area contributed by atoms with Gasteiger partial charge in [0.15, 0.2) is 0 Å². The van der Waals surface area contributed by atoms with E-state index in [1.807, 2.05) is 0 Å². The van der Waals surface area contributed by atoms with Crippen molar-refractivity contribution in [2.24, 2.45) is 11.3 Å². The highest BCUT2D eigenvalue weighted by molar-refractivity contribution is 4.86. The molecular weight excluding hydrogens is 138 g/mol. The Morgan fingerprint density at radius 3 is 2.18 bits per heavy atom. The Hall–Kier alpha value is -0.0800. The third kappa shape index (κ3) is 1.74. The molecule has 1 aliphatic heterocycles. The van der Waals surface area contributed by atoms with Crippen molar-refractivity contribution >= 4 is 0 Å². The topological polar surface area (TPSA) is 32.3 Å². The molecule has 0 spiro atoms. The Labute approximate surface area is 69.0 Å². The average molecular weight is 157 g/mol. The molecule has 11 heavy (non-hydrogen) atoms. The lowest BCUT2D eigenvalue weighted by Gasteiger charge is -2.39. The van der Waals surface area contributed by atoms with Crippen molar-refractivity contribution < 1.29 is 5.11 Å². The van der Waals surface area contributed by atoms with E-state index in [0.717, 1.165) is 25.9 Å². The number of aliphatic hydroxyl groups excluding tert-OH is 1. The molecule has 1 rings (SSSR count). The van der Waals surface area contributed by atoms with Crippen LogP contribution in [0, 0.1) is 11.3 Å². The molecular formula is C9H19NO. The first kappa shape index (κ1) is 9.01. The van der Waals surface area contributed by atoms with Crippen LogP contribution in [0.5, 0.6) is 0 Å². The molecule has 0 saturated carbocycles. The Morgan fingerprint density at radius 1 is 1.36 bits per heavy atom. The van der Waals surface area contributed by atoms with E-state index in [0.29, 0.717) is 12.5 Å². The molecule has 0 aromatic rings. The van der Waals surface area contributed by atoms with Crippen LogP contribution in [-0.4, -0.2) is 24.8 Å². The molecule has 2 nitrogen and oxygen atoms in total. The van der Waals surface area contributed by atoms with E-state index < -0.39 is 0 Å². The lowest BCUT2D eigenvalue weighted by molar-refractivity contribution is 0.0444. The van der Waals surface area contributed by atoms with Gasteiger partial charge in [-0.2, -0.15) is 0 Å². The smallest absolute Gasteiger partial charge is 0.0490 e. The lowest BCUT2D eigenvalue weighted by Crippen LogP contribution is -2.42. The second-order valence-electron chi connectivity index (χ2n) is 3.93. The molecule has 0 bridgehead atoms. The van der Waals surface area contributed by atoms with Crippen molar-refractivity contribution in [2.75, 3.05) is 19.7 Å². The fourth-order valence-corrected chi connectivity index (χ4v) is 1.84. The number of hydrogen-bond acceptors (Lipinski definition) is 2. The lowest BCUT2D eigenvalue weighted by atomic mass is 9.71. The van der Waals surface area contributed by atoms with E-state index in [2.05, 4.69) is 19.2 Å². The molecule has 1 aliphatic rings. The van der Waals surface area contributed by atoms with Crippen molar-refractivity contribution in [3.05, 3.63) is 0 Å². The fourth-order valence-electron chi connectivity index (χ4n) is 1.84. The van der Waals surface area contributed by atoms with Crippen LogP contribution < -0.4 is 5.32 Å². The Kier molecular flexibility index (Phi) is 2.90. The molecule has 0 aliphatic carbocycles. The first-order chi connectivity index (χ1) is 5.21. The van der Waals surface area contributed by atoms with Crippen molar-refractivity contribution in [1.29, 1.82) is 0 Å². The monoisotopic (exact) mass is 157 g/mol. The van der Waals surface area contributed by atoms with Gasteiger partial charge in [-0.1, -0.05) is 13.8 Å². The van der Waals surface area contributed by atoms with Gasteiger partial charge in [0.25, 0.3) is 0 Å². The summed E-state index contributed by atoms with van der Waals surface area (Å²) in [7, 11) is 0. The van der Waals surface area contributed by atoms with Gasteiger partial charge in [0, 0.05) is 6.61 Å². The van der Waals surface area contributed by atoms with Gasteiger partial charge in [-0.15, -0.1) is 0 Å². The van der Waals surface area contributed by atoms with Crippen molar-refractivity contribution in [2.45, 2.75) is 26.7 Å². The second kappa shape index (κ2) is 3.55. The van der Waals surface area contributed by atoms with Crippen LogP contribution in [0.25, 0.3) is 0 Å². The fraction of sp³-hybridized carbons (Fsp3) is 1.00. The van der Waals surface area contributed by atoms with Crippen LogP contribution in [0.1, 0.15) is 26.7 Å². The first-order valence-electron chi connectivity index (χ1n) is 4.53. The van der Waals surface area contributed by atoms with Gasteiger partial charge in [0.1, 0.15) is 0 Å². The summed E-state index contributed by atoms with van der Waals surface area (Å²) in [6, 6.07) is 0. The minimum Gasteiger partial charge on any atom is -0.396 e. The normalized spacial score (nSPS) is 24.0. The molecule has 0 radical (unpaired) electrons. The summed E-state index contributed by atoms with van der Waals surface area (Å²) in [5.41, 5.74) is 0.214. The SMILES string of the molecule is CC(C)C1(CO)CCNCC1. The van der Waals surface area contributed by atoms with Gasteiger partial charge < -0.3 is 10.4 Å². The number of piperidine rings is 1. The number of aliphatic hydroxyl groups is 1. The third-order valence-electron chi connectivity index (χ3n) is 3.14. The number of nitrogens with one attached hydrogen (secondary N) is 1. The molecule has 0 aromatic carbocycles. The standard InChI is InChI=1S/C9H19NO/c1-8(2)9(7-11)3-5-10-6-4-9/h8,10-11H,3-7H2,1-2H3. The maximum absolute atomic E-state index is 9.28. The van der Waals surface area contributed by atoms with E-state index in [4.69, 9.17) is 0 Å². The van der Waals surface area contributed by atoms with Crippen LogP contribution in [0.15, 0.2) is 0 Å². The molecule has 1 saturated heterocycles. The third-order valence-corrected chi connectivity index (χ3v) is 3.14. The highest BCUT2D eigenvalue weighted by Gasteiger charge is 2.34. The zero-order valence-corrected chi connectivity index (χ0v) is 7.56. The molecule has 0 atom stereocenters. The Bertz CT molecular complexity index is 117. The largest absolute Gasteiger partial charge is 0.396 e. The summed E-state index contributed by atoms with van der Waals surface area (Å²) < 4.78 is 0. The predicted molar refractivity (Wildman–Crippen MR) is 46.5 cm³/mol. The molecule has 1 fully saturated rings.